The monoisotopic (exact) mass is 296 g/mol. The highest BCUT2D eigenvalue weighted by Gasteiger charge is 2.23. The number of unbranched alkanes of at least 4 members (excludes halogenated alkanes) is 6. The van der Waals surface area contributed by atoms with Gasteiger partial charge in [0.25, 0.3) is 0 Å². The second-order valence-electron chi connectivity index (χ2n) is 5.91. The van der Waals surface area contributed by atoms with Crippen molar-refractivity contribution in [1.29, 1.82) is 0 Å². The van der Waals surface area contributed by atoms with Gasteiger partial charge >= 0.3 is 12.1 Å². The van der Waals surface area contributed by atoms with E-state index in [0.29, 0.717) is 0 Å². The van der Waals surface area contributed by atoms with Gasteiger partial charge in [0.15, 0.2) is 0 Å². The lowest BCUT2D eigenvalue weighted by atomic mass is 10.1. The van der Waals surface area contributed by atoms with Crippen LogP contribution in [0.1, 0.15) is 44.9 Å². The Labute approximate surface area is 127 Å². The van der Waals surface area contributed by atoms with E-state index in [1.165, 1.54) is 32.1 Å². The van der Waals surface area contributed by atoms with Crippen LogP contribution in [0.4, 0.5) is 9.59 Å². The summed E-state index contributed by atoms with van der Waals surface area (Å²) in [5.41, 5.74) is 0. The summed E-state index contributed by atoms with van der Waals surface area (Å²) in [5, 5.41) is 5.86. The van der Waals surface area contributed by atoms with Crippen LogP contribution in [0.25, 0.3) is 0 Å². The highest BCUT2D eigenvalue weighted by atomic mass is 16.2. The molecule has 0 bridgehead atoms. The van der Waals surface area contributed by atoms with Gasteiger partial charge in [0.2, 0.25) is 0 Å². The molecule has 6 heteroatoms. The summed E-state index contributed by atoms with van der Waals surface area (Å²) in [6, 6.07) is 0.194. The Balaban J connectivity index is 1.26. The molecule has 120 valence electrons. The van der Waals surface area contributed by atoms with Crippen molar-refractivity contribution in [3.05, 3.63) is 0 Å². The fourth-order valence-electron chi connectivity index (χ4n) is 2.25. The topological polar surface area (TPSA) is 64.2 Å². The third-order valence-corrected chi connectivity index (χ3v) is 3.87. The molecule has 0 aliphatic carbocycles. The minimum Gasteiger partial charge on any atom is -0.338 e. The Hall–Kier alpha value is -1.46. The van der Waals surface area contributed by atoms with Gasteiger partial charge in [-0.2, -0.15) is 0 Å². The molecule has 0 atom stereocenters. The first-order valence-electron chi connectivity index (χ1n) is 8.33. The zero-order valence-corrected chi connectivity index (χ0v) is 12.9. The quantitative estimate of drug-likeness (QED) is 0.477. The number of hydrogen-bond donors (Lipinski definition) is 2. The van der Waals surface area contributed by atoms with E-state index < -0.39 is 0 Å². The molecule has 2 N–H and O–H groups in total. The maximum Gasteiger partial charge on any atom is 0.317 e. The van der Waals surface area contributed by atoms with Crippen molar-refractivity contribution in [3.63, 3.8) is 0 Å². The number of carbonyl (C=O) groups is 2. The van der Waals surface area contributed by atoms with Gasteiger partial charge in [0.1, 0.15) is 0 Å². The van der Waals surface area contributed by atoms with Crippen molar-refractivity contribution in [2.24, 2.45) is 0 Å². The molecule has 0 spiro atoms. The lowest BCUT2D eigenvalue weighted by molar-refractivity contribution is 0.228. The molecule has 0 aromatic carbocycles. The predicted octanol–water partition coefficient (Wildman–Crippen LogP) is 1.77. The first kappa shape index (κ1) is 15.9. The van der Waals surface area contributed by atoms with Gasteiger partial charge in [-0.1, -0.05) is 32.1 Å². The van der Waals surface area contributed by atoms with E-state index in [0.717, 1.165) is 52.1 Å². The summed E-state index contributed by atoms with van der Waals surface area (Å²) in [4.78, 5) is 26.2. The molecule has 4 amide bonds. The molecule has 0 unspecified atom stereocenters. The van der Waals surface area contributed by atoms with E-state index in [4.69, 9.17) is 0 Å². The van der Waals surface area contributed by atoms with Crippen molar-refractivity contribution in [1.82, 2.24) is 20.4 Å². The molecule has 21 heavy (non-hydrogen) atoms. The molecule has 2 heterocycles. The van der Waals surface area contributed by atoms with Crippen LogP contribution in [0.15, 0.2) is 0 Å². The van der Waals surface area contributed by atoms with Gasteiger partial charge in [-0.15, -0.1) is 0 Å². The largest absolute Gasteiger partial charge is 0.338 e. The van der Waals surface area contributed by atoms with Crippen molar-refractivity contribution in [2.45, 2.75) is 44.9 Å². The molecule has 0 radical (unpaired) electrons. The molecule has 6 nitrogen and oxygen atoms in total. The van der Waals surface area contributed by atoms with Gasteiger partial charge in [0, 0.05) is 39.3 Å². The van der Waals surface area contributed by atoms with Crippen LogP contribution in [-0.4, -0.2) is 61.1 Å². The molecule has 2 aliphatic rings. The normalized spacial score (nSPS) is 15.8. The lowest BCUT2D eigenvalue weighted by Gasteiger charge is -2.06. The third kappa shape index (κ3) is 7.20. The molecular weight excluding hydrogens is 268 g/mol. The van der Waals surface area contributed by atoms with Crippen molar-refractivity contribution >= 4 is 12.1 Å². The number of rotatable bonds is 10. The van der Waals surface area contributed by atoms with Gasteiger partial charge < -0.3 is 20.4 Å². The molecule has 0 saturated carbocycles. The van der Waals surface area contributed by atoms with E-state index in [2.05, 4.69) is 10.6 Å². The van der Waals surface area contributed by atoms with Gasteiger partial charge in [-0.3, -0.25) is 0 Å². The summed E-state index contributed by atoms with van der Waals surface area (Å²) in [6.07, 6.45) is 8.24. The highest BCUT2D eigenvalue weighted by molar-refractivity contribution is 5.76. The molecule has 2 fully saturated rings. The standard InChI is InChI=1S/C15H28N4O2/c20-14(18-10-11-18)16-8-6-4-2-1-3-5-7-9-17-15(21)19-12-13-19/h1-13H2,(H,16,20)(H,17,21). The van der Waals surface area contributed by atoms with E-state index in [9.17, 15) is 9.59 Å². The molecule has 0 aromatic heterocycles. The minimum atomic E-state index is 0.0968. The van der Waals surface area contributed by atoms with E-state index in [1.807, 2.05) is 0 Å². The first-order chi connectivity index (χ1) is 10.3. The zero-order valence-electron chi connectivity index (χ0n) is 12.9. The average Bonchev–Trinajstić information content (AvgIpc) is 3.35. The maximum atomic E-state index is 11.3. The van der Waals surface area contributed by atoms with Crippen LogP contribution in [0.3, 0.4) is 0 Å². The van der Waals surface area contributed by atoms with Crippen molar-refractivity contribution < 1.29 is 9.59 Å². The number of nitrogens with one attached hydrogen (secondary N) is 2. The summed E-state index contributed by atoms with van der Waals surface area (Å²) in [6.45, 7) is 5.29. The van der Waals surface area contributed by atoms with Crippen LogP contribution < -0.4 is 10.6 Å². The van der Waals surface area contributed by atoms with Crippen LogP contribution in [0.5, 0.6) is 0 Å². The summed E-state index contributed by atoms with van der Waals surface area (Å²) in [7, 11) is 0. The second-order valence-corrected chi connectivity index (χ2v) is 5.91. The van der Waals surface area contributed by atoms with Gasteiger partial charge in [-0.05, 0) is 12.8 Å². The number of carbonyl (C=O) groups excluding carboxylic acids is 2. The second kappa shape index (κ2) is 8.74. The summed E-state index contributed by atoms with van der Waals surface area (Å²) in [5.74, 6) is 0. The fraction of sp³-hybridized carbons (Fsp3) is 0.867. The molecule has 2 saturated heterocycles. The Kier molecular flexibility index (Phi) is 6.63. The number of nitrogens with zero attached hydrogens (tertiary/aromatic N) is 2. The smallest absolute Gasteiger partial charge is 0.317 e. The first-order valence-corrected chi connectivity index (χ1v) is 8.33. The average molecular weight is 296 g/mol. The van der Waals surface area contributed by atoms with Crippen LogP contribution >= 0.6 is 0 Å². The highest BCUT2D eigenvalue weighted by Crippen LogP contribution is 2.08. The van der Waals surface area contributed by atoms with E-state index in [-0.39, 0.29) is 12.1 Å². The molecule has 2 rings (SSSR count). The molecular formula is C15H28N4O2. The summed E-state index contributed by atoms with van der Waals surface area (Å²) < 4.78 is 0. The minimum absolute atomic E-state index is 0.0968. The van der Waals surface area contributed by atoms with Crippen LogP contribution in [0.2, 0.25) is 0 Å². The van der Waals surface area contributed by atoms with Gasteiger partial charge in [0.05, 0.1) is 0 Å². The van der Waals surface area contributed by atoms with E-state index >= 15 is 0 Å². The van der Waals surface area contributed by atoms with Crippen molar-refractivity contribution in [3.8, 4) is 0 Å². The number of urea groups is 2. The van der Waals surface area contributed by atoms with Crippen molar-refractivity contribution in [2.75, 3.05) is 39.3 Å². The van der Waals surface area contributed by atoms with Crippen LogP contribution in [-0.2, 0) is 0 Å². The SMILES string of the molecule is O=C(NCCCCCCCCCNC(=O)N1CC1)N1CC1. The fourth-order valence-corrected chi connectivity index (χ4v) is 2.25. The van der Waals surface area contributed by atoms with Crippen LogP contribution in [0, 0.1) is 0 Å². The zero-order chi connectivity index (χ0) is 14.9. The Morgan fingerprint density at radius 2 is 0.952 bits per heavy atom. The van der Waals surface area contributed by atoms with Gasteiger partial charge in [-0.25, -0.2) is 9.59 Å². The number of amides is 4. The predicted molar refractivity (Wildman–Crippen MR) is 82.3 cm³/mol. The molecule has 2 aliphatic heterocycles. The molecule has 0 aromatic rings. The third-order valence-electron chi connectivity index (χ3n) is 3.87. The lowest BCUT2D eigenvalue weighted by Crippen LogP contribution is -2.29. The summed E-state index contributed by atoms with van der Waals surface area (Å²) >= 11 is 0. The van der Waals surface area contributed by atoms with E-state index in [1.54, 1.807) is 9.80 Å². The Morgan fingerprint density at radius 1 is 0.619 bits per heavy atom. The number of hydrogen-bond acceptors (Lipinski definition) is 2. The maximum absolute atomic E-state index is 11.3. The Morgan fingerprint density at radius 3 is 1.29 bits per heavy atom. The Bertz CT molecular complexity index is 309.